The van der Waals surface area contributed by atoms with Gasteiger partial charge < -0.3 is 10.4 Å². The van der Waals surface area contributed by atoms with E-state index < -0.39 is 0 Å². The van der Waals surface area contributed by atoms with Crippen LogP contribution in [0.5, 0.6) is 0 Å². The van der Waals surface area contributed by atoms with Gasteiger partial charge >= 0.3 is 0 Å². The van der Waals surface area contributed by atoms with Gasteiger partial charge in [0.15, 0.2) is 5.13 Å². The first-order valence-electron chi connectivity index (χ1n) is 4.79. The van der Waals surface area contributed by atoms with Gasteiger partial charge in [-0.25, -0.2) is 4.98 Å². The van der Waals surface area contributed by atoms with Crippen LogP contribution in [0, 0.1) is 0 Å². The summed E-state index contributed by atoms with van der Waals surface area (Å²) in [5, 5.41) is 14.7. The second-order valence-electron chi connectivity index (χ2n) is 3.08. The van der Waals surface area contributed by atoms with Crippen molar-refractivity contribution in [1.29, 1.82) is 0 Å². The number of hydrogen-bond acceptors (Lipinski definition) is 4. The molecule has 0 unspecified atom stereocenters. The lowest BCUT2D eigenvalue weighted by Gasteiger charge is -2.06. The second kappa shape index (κ2) is 5.06. The van der Waals surface area contributed by atoms with Crippen LogP contribution in [0.2, 0.25) is 0 Å². The Kier molecular flexibility index (Phi) is 3.49. The van der Waals surface area contributed by atoms with Crippen molar-refractivity contribution in [3.8, 4) is 5.13 Å². The third kappa shape index (κ3) is 2.44. The molecule has 0 radical (unpaired) electrons. The highest BCUT2D eigenvalue weighted by molar-refractivity contribution is 7.12. The zero-order chi connectivity index (χ0) is 10.5. The lowest BCUT2D eigenvalue weighted by molar-refractivity contribution is 0.291. The normalized spacial score (nSPS) is 10.7. The van der Waals surface area contributed by atoms with Gasteiger partial charge in [-0.15, -0.1) is 11.3 Å². The zero-order valence-electron chi connectivity index (χ0n) is 8.26. The van der Waals surface area contributed by atoms with Crippen molar-refractivity contribution in [3.05, 3.63) is 35.6 Å². The van der Waals surface area contributed by atoms with E-state index in [9.17, 15) is 0 Å². The number of aromatic nitrogens is 2. The minimum absolute atomic E-state index is 0.165. The van der Waals surface area contributed by atoms with Gasteiger partial charge in [0.1, 0.15) is 0 Å². The number of rotatable bonds is 5. The Labute approximate surface area is 92.2 Å². The third-order valence-electron chi connectivity index (χ3n) is 2.05. The molecule has 0 atom stereocenters. The molecular formula is C10H13N3OS. The number of thiazole rings is 1. The summed E-state index contributed by atoms with van der Waals surface area (Å²) in [5.74, 6) is 0. The number of hydrogen-bond donors (Lipinski definition) is 2. The van der Waals surface area contributed by atoms with Crippen molar-refractivity contribution >= 4 is 11.3 Å². The number of aliphatic hydroxyl groups excluding tert-OH is 1. The molecule has 0 aromatic carbocycles. The average molecular weight is 223 g/mol. The molecule has 0 aliphatic carbocycles. The molecule has 2 rings (SSSR count). The van der Waals surface area contributed by atoms with E-state index in [1.165, 1.54) is 0 Å². The second-order valence-corrected chi connectivity index (χ2v) is 3.96. The van der Waals surface area contributed by atoms with Crippen LogP contribution in [0.15, 0.2) is 29.9 Å². The largest absolute Gasteiger partial charge is 0.395 e. The third-order valence-corrected chi connectivity index (χ3v) is 2.82. The fourth-order valence-electron chi connectivity index (χ4n) is 1.38. The monoisotopic (exact) mass is 223 g/mol. The van der Waals surface area contributed by atoms with Gasteiger partial charge in [-0.1, -0.05) is 0 Å². The fourth-order valence-corrected chi connectivity index (χ4v) is 2.03. The molecule has 0 aliphatic rings. The number of nitrogens with zero attached hydrogens (tertiary/aromatic N) is 2. The molecule has 80 valence electrons. The van der Waals surface area contributed by atoms with E-state index in [1.54, 1.807) is 17.5 Å². The lowest BCUT2D eigenvalue weighted by Crippen LogP contribution is -2.19. The Bertz CT molecular complexity index is 396. The Balaban J connectivity index is 2.09. The molecule has 0 saturated carbocycles. The minimum Gasteiger partial charge on any atom is -0.395 e. The van der Waals surface area contributed by atoms with Gasteiger partial charge in [0, 0.05) is 36.6 Å². The molecule has 5 heteroatoms. The van der Waals surface area contributed by atoms with Crippen molar-refractivity contribution in [3.63, 3.8) is 0 Å². The number of nitrogens with one attached hydrogen (secondary N) is 1. The van der Waals surface area contributed by atoms with Crippen LogP contribution in [-0.4, -0.2) is 27.8 Å². The maximum atomic E-state index is 8.67. The van der Waals surface area contributed by atoms with Gasteiger partial charge in [-0.2, -0.15) is 0 Å². The van der Waals surface area contributed by atoms with E-state index in [0.29, 0.717) is 6.54 Å². The van der Waals surface area contributed by atoms with Crippen LogP contribution in [0.1, 0.15) is 5.69 Å². The Morgan fingerprint density at radius 2 is 2.47 bits per heavy atom. The van der Waals surface area contributed by atoms with Crippen LogP contribution in [0.25, 0.3) is 5.13 Å². The molecule has 2 N–H and O–H groups in total. The highest BCUT2D eigenvalue weighted by Crippen LogP contribution is 2.14. The summed E-state index contributed by atoms with van der Waals surface area (Å²) in [7, 11) is 0. The summed E-state index contributed by atoms with van der Waals surface area (Å²) in [6.45, 7) is 1.52. The topological polar surface area (TPSA) is 50.1 Å². The summed E-state index contributed by atoms with van der Waals surface area (Å²) >= 11 is 1.61. The van der Waals surface area contributed by atoms with Gasteiger partial charge in [0.05, 0.1) is 6.61 Å². The molecule has 0 amide bonds. The Hall–Kier alpha value is -1.17. The standard InChI is InChI=1S/C10H13N3OS/c14-6-3-11-8-9-2-1-5-13(9)10-12-4-7-15-10/h1-2,4-5,7,11,14H,3,6,8H2. The smallest absolute Gasteiger partial charge is 0.193 e. The SMILES string of the molecule is OCCNCc1cccn1-c1nccs1. The van der Waals surface area contributed by atoms with Crippen LogP contribution in [-0.2, 0) is 6.54 Å². The highest BCUT2D eigenvalue weighted by atomic mass is 32.1. The van der Waals surface area contributed by atoms with E-state index >= 15 is 0 Å². The van der Waals surface area contributed by atoms with Gasteiger partial charge in [-0.05, 0) is 12.1 Å². The molecule has 0 saturated heterocycles. The first-order chi connectivity index (χ1) is 7.42. The van der Waals surface area contributed by atoms with Crippen LogP contribution in [0.4, 0.5) is 0 Å². The van der Waals surface area contributed by atoms with Crippen molar-refractivity contribution in [2.45, 2.75) is 6.54 Å². The minimum atomic E-state index is 0.165. The first kappa shape index (κ1) is 10.4. The molecule has 0 bridgehead atoms. The van der Waals surface area contributed by atoms with Gasteiger partial charge in [0.25, 0.3) is 0 Å². The molecular weight excluding hydrogens is 210 g/mol. The molecule has 0 fully saturated rings. The fraction of sp³-hybridized carbons (Fsp3) is 0.300. The summed E-state index contributed by atoms with van der Waals surface area (Å²) in [6.07, 6.45) is 3.79. The zero-order valence-corrected chi connectivity index (χ0v) is 9.07. The van der Waals surface area contributed by atoms with E-state index in [-0.39, 0.29) is 6.61 Å². The maximum Gasteiger partial charge on any atom is 0.193 e. The van der Waals surface area contributed by atoms with Crippen molar-refractivity contribution < 1.29 is 5.11 Å². The molecule has 2 aromatic rings. The molecule has 2 aromatic heterocycles. The summed E-state index contributed by atoms with van der Waals surface area (Å²) in [5.41, 5.74) is 1.15. The summed E-state index contributed by atoms with van der Waals surface area (Å²) < 4.78 is 2.05. The summed E-state index contributed by atoms with van der Waals surface area (Å²) in [6, 6.07) is 4.04. The van der Waals surface area contributed by atoms with Gasteiger partial charge in [0.2, 0.25) is 0 Å². The first-order valence-corrected chi connectivity index (χ1v) is 5.67. The van der Waals surface area contributed by atoms with E-state index in [0.717, 1.165) is 17.4 Å². The lowest BCUT2D eigenvalue weighted by atomic mass is 10.4. The molecule has 0 spiro atoms. The molecule has 2 heterocycles. The Morgan fingerprint density at radius 1 is 1.53 bits per heavy atom. The molecule has 15 heavy (non-hydrogen) atoms. The van der Waals surface area contributed by atoms with E-state index in [2.05, 4.69) is 14.9 Å². The van der Waals surface area contributed by atoms with Crippen molar-refractivity contribution in [2.75, 3.05) is 13.2 Å². The van der Waals surface area contributed by atoms with E-state index in [4.69, 9.17) is 5.11 Å². The predicted molar refractivity (Wildman–Crippen MR) is 60.2 cm³/mol. The maximum absolute atomic E-state index is 8.67. The van der Waals surface area contributed by atoms with Crippen molar-refractivity contribution in [1.82, 2.24) is 14.9 Å². The molecule has 0 aliphatic heterocycles. The highest BCUT2D eigenvalue weighted by Gasteiger charge is 2.03. The van der Waals surface area contributed by atoms with Crippen LogP contribution in [0.3, 0.4) is 0 Å². The summed E-state index contributed by atoms with van der Waals surface area (Å²) in [4.78, 5) is 4.25. The van der Waals surface area contributed by atoms with Crippen LogP contribution < -0.4 is 5.32 Å². The van der Waals surface area contributed by atoms with Gasteiger partial charge in [-0.3, -0.25) is 4.57 Å². The van der Waals surface area contributed by atoms with Crippen LogP contribution >= 0.6 is 11.3 Å². The van der Waals surface area contributed by atoms with Crippen molar-refractivity contribution in [2.24, 2.45) is 0 Å². The molecule has 4 nitrogen and oxygen atoms in total. The van der Waals surface area contributed by atoms with E-state index in [1.807, 2.05) is 23.7 Å². The Morgan fingerprint density at radius 3 is 3.20 bits per heavy atom. The predicted octanol–water partition coefficient (Wildman–Crippen LogP) is 1.02. The average Bonchev–Trinajstić information content (AvgIpc) is 2.87. The number of aliphatic hydroxyl groups is 1. The quantitative estimate of drug-likeness (QED) is 0.744.